The lowest BCUT2D eigenvalue weighted by atomic mass is 10.0. The fraction of sp³-hybridized carbons (Fsp3) is 0.429. The van der Waals surface area contributed by atoms with Crippen LogP contribution in [0, 0.1) is 0 Å². The number of halogens is 1. The number of carbonyl (C=O) groups excluding carboxylic acids is 2. The number of aryl methyl sites for hydroxylation is 1. The molecule has 0 saturated carbocycles. The van der Waals surface area contributed by atoms with E-state index in [0.717, 1.165) is 49.7 Å². The van der Waals surface area contributed by atoms with E-state index in [1.165, 1.54) is 7.11 Å². The van der Waals surface area contributed by atoms with E-state index in [0.29, 0.717) is 35.8 Å². The second-order valence-corrected chi connectivity index (χ2v) is 9.81. The summed E-state index contributed by atoms with van der Waals surface area (Å²) >= 11 is 6.28. The minimum Gasteiger partial charge on any atom is -0.507 e. The number of aromatic amines is 1. The van der Waals surface area contributed by atoms with Gasteiger partial charge in [0.25, 0.3) is 11.8 Å². The van der Waals surface area contributed by atoms with Crippen LogP contribution in [0.4, 0.5) is 0 Å². The number of hydrogen-bond donors (Lipinski definition) is 4. The standard InChI is InChI=1S/C28H35ClN4O4/c1-3-18-15-21(29)26(37-2)24(25(18)34)28(36)31-17-20-10-8-14-33(20)13-7-6-12-30-27(35)23-16-19-9-4-5-11-22(19)32-23/h4-5,9,11,15-16,20,32,34H,3,6-8,10,12-14,17H2,1-2H3,(H,30,35)(H,31,36)/t20-/m0/s1. The van der Waals surface area contributed by atoms with Gasteiger partial charge in [0.05, 0.1) is 12.1 Å². The summed E-state index contributed by atoms with van der Waals surface area (Å²) in [6.45, 7) is 4.86. The van der Waals surface area contributed by atoms with Crippen molar-refractivity contribution >= 4 is 34.3 Å². The van der Waals surface area contributed by atoms with Crippen molar-refractivity contribution in [1.29, 1.82) is 0 Å². The summed E-state index contributed by atoms with van der Waals surface area (Å²) in [7, 11) is 1.43. The molecule has 9 heteroatoms. The number of rotatable bonds is 11. The number of aromatic hydroxyl groups is 1. The van der Waals surface area contributed by atoms with Crippen LogP contribution in [0.1, 0.15) is 59.0 Å². The molecule has 2 aromatic carbocycles. The van der Waals surface area contributed by atoms with Gasteiger partial charge in [-0.1, -0.05) is 36.7 Å². The molecule has 1 aliphatic heterocycles. The van der Waals surface area contributed by atoms with Crippen molar-refractivity contribution in [2.45, 2.75) is 45.1 Å². The van der Waals surface area contributed by atoms with Gasteiger partial charge in [0.2, 0.25) is 0 Å². The predicted molar refractivity (Wildman–Crippen MR) is 146 cm³/mol. The molecule has 2 amide bonds. The number of fused-ring (bicyclic) bond motifs is 1. The van der Waals surface area contributed by atoms with Crippen molar-refractivity contribution in [1.82, 2.24) is 20.5 Å². The lowest BCUT2D eigenvalue weighted by molar-refractivity contribution is 0.0932. The van der Waals surface area contributed by atoms with Crippen LogP contribution in [0.3, 0.4) is 0 Å². The van der Waals surface area contributed by atoms with E-state index >= 15 is 0 Å². The first-order chi connectivity index (χ1) is 17.9. The Morgan fingerprint density at radius 2 is 2.00 bits per heavy atom. The molecule has 1 atom stereocenters. The van der Waals surface area contributed by atoms with Gasteiger partial charge in [0, 0.05) is 30.0 Å². The number of nitrogens with zero attached hydrogens (tertiary/aromatic N) is 1. The third-order valence-corrected chi connectivity index (χ3v) is 7.31. The number of para-hydroxylation sites is 1. The normalized spacial score (nSPS) is 15.7. The van der Waals surface area contributed by atoms with Crippen LogP contribution in [0.25, 0.3) is 10.9 Å². The summed E-state index contributed by atoms with van der Waals surface area (Å²) in [6.07, 6.45) is 4.43. The molecule has 198 valence electrons. The van der Waals surface area contributed by atoms with Gasteiger partial charge in [-0.2, -0.15) is 0 Å². The second-order valence-electron chi connectivity index (χ2n) is 9.40. The number of phenolic OH excluding ortho intramolecular Hbond substituents is 1. The number of hydrogen-bond acceptors (Lipinski definition) is 5. The average molecular weight is 527 g/mol. The van der Waals surface area contributed by atoms with Crippen LogP contribution in [0.15, 0.2) is 36.4 Å². The Morgan fingerprint density at radius 1 is 1.19 bits per heavy atom. The Kier molecular flexibility index (Phi) is 8.95. The van der Waals surface area contributed by atoms with Gasteiger partial charge in [-0.25, -0.2) is 0 Å². The number of phenols is 1. The van der Waals surface area contributed by atoms with Crippen molar-refractivity contribution < 1.29 is 19.4 Å². The Bertz CT molecular complexity index is 1230. The lowest BCUT2D eigenvalue weighted by Crippen LogP contribution is -2.40. The first-order valence-electron chi connectivity index (χ1n) is 12.9. The van der Waals surface area contributed by atoms with Gasteiger partial charge < -0.3 is 25.5 Å². The van der Waals surface area contributed by atoms with E-state index < -0.39 is 5.91 Å². The Balaban J connectivity index is 1.23. The number of benzene rings is 2. The molecule has 4 N–H and O–H groups in total. The van der Waals surface area contributed by atoms with Gasteiger partial charge in [-0.05, 0) is 69.0 Å². The third-order valence-electron chi connectivity index (χ3n) is 7.03. The quantitative estimate of drug-likeness (QED) is 0.275. The summed E-state index contributed by atoms with van der Waals surface area (Å²) in [4.78, 5) is 31.0. The molecule has 1 aliphatic rings. The minimum absolute atomic E-state index is 0.0842. The van der Waals surface area contributed by atoms with E-state index in [-0.39, 0.29) is 29.0 Å². The number of amides is 2. The number of nitrogens with one attached hydrogen (secondary N) is 3. The summed E-state index contributed by atoms with van der Waals surface area (Å²) in [6, 6.07) is 11.6. The van der Waals surface area contributed by atoms with Gasteiger partial charge >= 0.3 is 0 Å². The van der Waals surface area contributed by atoms with Gasteiger partial charge in [-0.15, -0.1) is 0 Å². The van der Waals surface area contributed by atoms with Crippen molar-refractivity contribution in [3.63, 3.8) is 0 Å². The molecule has 0 bridgehead atoms. The maximum atomic E-state index is 13.0. The van der Waals surface area contributed by atoms with Crippen LogP contribution in [0.5, 0.6) is 11.5 Å². The zero-order chi connectivity index (χ0) is 26.4. The highest BCUT2D eigenvalue weighted by Gasteiger charge is 2.27. The first-order valence-corrected chi connectivity index (χ1v) is 13.3. The van der Waals surface area contributed by atoms with Crippen LogP contribution in [-0.2, 0) is 6.42 Å². The molecule has 37 heavy (non-hydrogen) atoms. The van der Waals surface area contributed by atoms with E-state index in [9.17, 15) is 14.7 Å². The Labute approximate surface area is 222 Å². The molecule has 0 aliphatic carbocycles. The summed E-state index contributed by atoms with van der Waals surface area (Å²) in [5.41, 5.74) is 2.22. The molecule has 1 saturated heterocycles. The summed E-state index contributed by atoms with van der Waals surface area (Å²) < 4.78 is 5.31. The van der Waals surface area contributed by atoms with Crippen molar-refractivity contribution in [3.8, 4) is 11.5 Å². The summed E-state index contributed by atoms with van der Waals surface area (Å²) in [5.74, 6) is -0.382. The fourth-order valence-electron chi connectivity index (χ4n) is 5.01. The highest BCUT2D eigenvalue weighted by molar-refractivity contribution is 6.33. The Morgan fingerprint density at radius 3 is 2.76 bits per heavy atom. The lowest BCUT2D eigenvalue weighted by Gasteiger charge is -2.25. The topological polar surface area (TPSA) is 107 Å². The molecule has 8 nitrogen and oxygen atoms in total. The van der Waals surface area contributed by atoms with E-state index in [2.05, 4.69) is 20.5 Å². The zero-order valence-electron chi connectivity index (χ0n) is 21.4. The number of methoxy groups -OCH3 is 1. The number of carbonyl (C=O) groups is 2. The van der Waals surface area contributed by atoms with Crippen molar-refractivity contribution in [2.75, 3.05) is 33.3 Å². The third kappa shape index (κ3) is 6.19. The van der Waals surface area contributed by atoms with Crippen molar-refractivity contribution in [2.24, 2.45) is 0 Å². The molecule has 3 aromatic rings. The molecule has 1 aromatic heterocycles. The highest BCUT2D eigenvalue weighted by atomic mass is 35.5. The minimum atomic E-state index is -0.391. The SMILES string of the molecule is CCc1cc(Cl)c(OC)c(C(=O)NC[C@@H]2CCCN2CCCCNC(=O)c2cc3ccccc3[nH]2)c1O. The molecular formula is C28H35ClN4O4. The Hall–Kier alpha value is -3.23. The monoisotopic (exact) mass is 526 g/mol. The van der Waals surface area contributed by atoms with Crippen LogP contribution in [-0.4, -0.2) is 66.1 Å². The average Bonchev–Trinajstić information content (AvgIpc) is 3.54. The highest BCUT2D eigenvalue weighted by Crippen LogP contribution is 2.38. The van der Waals surface area contributed by atoms with Crippen molar-refractivity contribution in [3.05, 3.63) is 58.2 Å². The number of unbranched alkanes of at least 4 members (excludes halogenated alkanes) is 1. The molecule has 2 heterocycles. The fourth-order valence-corrected chi connectivity index (χ4v) is 5.31. The summed E-state index contributed by atoms with van der Waals surface area (Å²) in [5, 5.41) is 17.9. The van der Waals surface area contributed by atoms with Gasteiger partial charge in [-0.3, -0.25) is 14.5 Å². The van der Waals surface area contributed by atoms with Gasteiger partial charge in [0.15, 0.2) is 5.75 Å². The number of likely N-dealkylation sites (tertiary alicyclic amines) is 1. The maximum Gasteiger partial charge on any atom is 0.267 e. The largest absolute Gasteiger partial charge is 0.507 e. The van der Waals surface area contributed by atoms with Crippen LogP contribution >= 0.6 is 11.6 Å². The molecule has 1 fully saturated rings. The first kappa shape index (κ1) is 26.8. The number of H-pyrrole nitrogens is 1. The molecule has 0 unspecified atom stereocenters. The predicted octanol–water partition coefficient (Wildman–Crippen LogP) is 4.50. The van der Waals surface area contributed by atoms with Crippen LogP contribution < -0.4 is 15.4 Å². The molecule has 0 radical (unpaired) electrons. The van der Waals surface area contributed by atoms with E-state index in [1.54, 1.807) is 6.07 Å². The van der Waals surface area contributed by atoms with E-state index in [1.807, 2.05) is 37.3 Å². The zero-order valence-corrected chi connectivity index (χ0v) is 22.2. The number of aromatic nitrogens is 1. The van der Waals surface area contributed by atoms with E-state index in [4.69, 9.17) is 16.3 Å². The molecule has 4 rings (SSSR count). The molecular weight excluding hydrogens is 492 g/mol. The van der Waals surface area contributed by atoms with Crippen LogP contribution in [0.2, 0.25) is 5.02 Å². The molecule has 0 spiro atoms. The van der Waals surface area contributed by atoms with Gasteiger partial charge in [0.1, 0.15) is 17.0 Å². The second kappa shape index (κ2) is 12.3. The number of ether oxygens (including phenoxy) is 1. The maximum absolute atomic E-state index is 13.0. The smallest absolute Gasteiger partial charge is 0.267 e.